The zero-order chi connectivity index (χ0) is 18.2. The molecule has 1 aromatic heterocycles. The summed E-state index contributed by atoms with van der Waals surface area (Å²) in [6, 6.07) is 16.5. The number of amides is 1. The number of hydrogen-bond donors (Lipinski definition) is 2. The van der Waals surface area contributed by atoms with E-state index in [-0.39, 0.29) is 11.9 Å². The van der Waals surface area contributed by atoms with Crippen LogP contribution in [0.15, 0.2) is 53.9 Å². The number of nitrogens with zero attached hydrogens (tertiary/aromatic N) is 1. The SMILES string of the molecule is O=C(NC1c2ccccc2-c2ccccc21)c1csc(C2CCCNC2)n1. The van der Waals surface area contributed by atoms with Crippen molar-refractivity contribution in [3.05, 3.63) is 75.7 Å². The molecule has 5 rings (SSSR count). The van der Waals surface area contributed by atoms with Gasteiger partial charge in [-0.15, -0.1) is 11.3 Å². The summed E-state index contributed by atoms with van der Waals surface area (Å²) < 4.78 is 0. The van der Waals surface area contributed by atoms with Crippen LogP contribution in [0, 0.1) is 0 Å². The van der Waals surface area contributed by atoms with E-state index in [1.807, 2.05) is 29.6 Å². The van der Waals surface area contributed by atoms with Gasteiger partial charge >= 0.3 is 0 Å². The highest BCUT2D eigenvalue weighted by Crippen LogP contribution is 2.43. The van der Waals surface area contributed by atoms with Gasteiger partial charge in [0.1, 0.15) is 5.69 Å². The molecule has 1 amide bonds. The van der Waals surface area contributed by atoms with Crippen molar-refractivity contribution in [1.82, 2.24) is 15.6 Å². The normalized spacial score (nSPS) is 18.7. The van der Waals surface area contributed by atoms with Crippen molar-refractivity contribution in [3.8, 4) is 11.1 Å². The number of nitrogens with one attached hydrogen (secondary N) is 2. The smallest absolute Gasteiger partial charge is 0.271 e. The Morgan fingerprint density at radius 1 is 1.07 bits per heavy atom. The molecule has 2 aliphatic rings. The van der Waals surface area contributed by atoms with Gasteiger partial charge in [-0.1, -0.05) is 48.5 Å². The van der Waals surface area contributed by atoms with E-state index in [2.05, 4.69) is 39.9 Å². The van der Waals surface area contributed by atoms with E-state index < -0.39 is 0 Å². The van der Waals surface area contributed by atoms with Gasteiger partial charge in [0.05, 0.1) is 11.0 Å². The lowest BCUT2D eigenvalue weighted by Gasteiger charge is -2.20. The minimum Gasteiger partial charge on any atom is -0.340 e. The zero-order valence-electron chi connectivity index (χ0n) is 14.9. The van der Waals surface area contributed by atoms with Crippen LogP contribution in [-0.4, -0.2) is 24.0 Å². The maximum atomic E-state index is 12.9. The first-order chi connectivity index (χ1) is 13.3. The van der Waals surface area contributed by atoms with Crippen LogP contribution in [0.3, 0.4) is 0 Å². The van der Waals surface area contributed by atoms with Crippen molar-refractivity contribution in [2.45, 2.75) is 24.8 Å². The van der Waals surface area contributed by atoms with Crippen LogP contribution in [0.2, 0.25) is 0 Å². The molecule has 5 heteroatoms. The highest BCUT2D eigenvalue weighted by atomic mass is 32.1. The Balaban J connectivity index is 1.41. The molecular formula is C22H21N3OS. The van der Waals surface area contributed by atoms with Crippen molar-refractivity contribution in [2.75, 3.05) is 13.1 Å². The van der Waals surface area contributed by atoms with Crippen molar-refractivity contribution >= 4 is 17.2 Å². The number of hydrogen-bond acceptors (Lipinski definition) is 4. The second-order valence-electron chi connectivity index (χ2n) is 7.20. The fourth-order valence-corrected chi connectivity index (χ4v) is 5.09. The fourth-order valence-electron chi connectivity index (χ4n) is 4.16. The minimum absolute atomic E-state index is 0.0993. The molecule has 1 fully saturated rings. The summed E-state index contributed by atoms with van der Waals surface area (Å²) in [6.45, 7) is 2.04. The lowest BCUT2D eigenvalue weighted by molar-refractivity contribution is 0.0939. The van der Waals surface area contributed by atoms with Crippen LogP contribution in [0.5, 0.6) is 0 Å². The fraction of sp³-hybridized carbons (Fsp3) is 0.273. The van der Waals surface area contributed by atoms with Crippen LogP contribution in [0.4, 0.5) is 0 Å². The molecule has 0 radical (unpaired) electrons. The first-order valence-corrected chi connectivity index (χ1v) is 10.3. The average molecular weight is 375 g/mol. The van der Waals surface area contributed by atoms with Crippen LogP contribution >= 0.6 is 11.3 Å². The van der Waals surface area contributed by atoms with Gasteiger partial charge in [-0.2, -0.15) is 0 Å². The summed E-state index contributed by atoms with van der Waals surface area (Å²) >= 11 is 1.60. The van der Waals surface area contributed by atoms with Gasteiger partial charge in [0, 0.05) is 17.8 Å². The third-order valence-corrected chi connectivity index (χ3v) is 6.52. The van der Waals surface area contributed by atoms with Crippen molar-refractivity contribution in [3.63, 3.8) is 0 Å². The Bertz CT molecular complexity index is 945. The van der Waals surface area contributed by atoms with Crippen LogP contribution in [0.1, 0.15) is 51.4 Å². The number of fused-ring (bicyclic) bond motifs is 3. The second-order valence-corrected chi connectivity index (χ2v) is 8.08. The Morgan fingerprint density at radius 3 is 2.44 bits per heavy atom. The van der Waals surface area contributed by atoms with E-state index in [1.165, 1.54) is 17.5 Å². The number of thiazole rings is 1. The molecule has 1 unspecified atom stereocenters. The van der Waals surface area contributed by atoms with Crippen LogP contribution < -0.4 is 10.6 Å². The topological polar surface area (TPSA) is 54.0 Å². The Hall–Kier alpha value is -2.50. The maximum Gasteiger partial charge on any atom is 0.271 e. The summed E-state index contributed by atoms with van der Waals surface area (Å²) in [6.07, 6.45) is 2.31. The number of carbonyl (C=O) groups excluding carboxylic acids is 1. The predicted octanol–water partition coefficient (Wildman–Crippen LogP) is 4.11. The molecule has 0 bridgehead atoms. The van der Waals surface area contributed by atoms with E-state index in [0.29, 0.717) is 11.6 Å². The van der Waals surface area contributed by atoms with Crippen molar-refractivity contribution < 1.29 is 4.79 Å². The van der Waals surface area contributed by atoms with Gasteiger partial charge in [-0.3, -0.25) is 4.79 Å². The number of aromatic nitrogens is 1. The second kappa shape index (κ2) is 6.91. The predicted molar refractivity (Wildman–Crippen MR) is 108 cm³/mol. The quantitative estimate of drug-likeness (QED) is 0.724. The van der Waals surface area contributed by atoms with Gasteiger partial charge in [-0.25, -0.2) is 4.98 Å². The summed E-state index contributed by atoms with van der Waals surface area (Å²) in [7, 11) is 0. The molecule has 2 heterocycles. The maximum absolute atomic E-state index is 12.9. The summed E-state index contributed by atoms with van der Waals surface area (Å²) in [5, 5.41) is 9.60. The number of rotatable bonds is 3. The number of carbonyl (C=O) groups is 1. The van der Waals surface area contributed by atoms with Gasteiger partial charge < -0.3 is 10.6 Å². The molecule has 1 atom stereocenters. The third kappa shape index (κ3) is 2.97. The Morgan fingerprint density at radius 2 is 1.78 bits per heavy atom. The first kappa shape index (κ1) is 16.7. The van der Waals surface area contributed by atoms with E-state index in [0.717, 1.165) is 35.6 Å². The zero-order valence-corrected chi connectivity index (χ0v) is 15.8. The molecule has 1 aliphatic heterocycles. The number of piperidine rings is 1. The Labute approximate surface area is 162 Å². The highest BCUT2D eigenvalue weighted by molar-refractivity contribution is 7.09. The molecule has 1 aliphatic carbocycles. The third-order valence-electron chi connectivity index (χ3n) is 5.51. The summed E-state index contributed by atoms with van der Waals surface area (Å²) in [5.74, 6) is 0.330. The summed E-state index contributed by atoms with van der Waals surface area (Å²) in [5.41, 5.74) is 5.23. The standard InChI is InChI=1S/C22H21N3OS/c26-21(19-13-27-22(24-19)14-6-5-11-23-12-14)25-20-17-9-3-1-7-15(17)16-8-2-4-10-18(16)20/h1-4,7-10,13-14,20,23H,5-6,11-12H2,(H,25,26). The lowest BCUT2D eigenvalue weighted by Crippen LogP contribution is -2.29. The average Bonchev–Trinajstić information content (AvgIpc) is 3.34. The van der Waals surface area contributed by atoms with Crippen LogP contribution in [0.25, 0.3) is 11.1 Å². The molecule has 0 saturated carbocycles. The number of benzene rings is 2. The van der Waals surface area contributed by atoms with Crippen molar-refractivity contribution in [1.29, 1.82) is 0 Å². The monoisotopic (exact) mass is 375 g/mol. The van der Waals surface area contributed by atoms with Crippen LogP contribution in [-0.2, 0) is 0 Å². The molecule has 0 spiro atoms. The van der Waals surface area contributed by atoms with Gasteiger partial charge in [-0.05, 0) is 41.6 Å². The molecular weight excluding hydrogens is 354 g/mol. The minimum atomic E-state index is -0.119. The first-order valence-electron chi connectivity index (χ1n) is 9.46. The van der Waals surface area contributed by atoms with Gasteiger partial charge in [0.25, 0.3) is 5.91 Å². The molecule has 2 N–H and O–H groups in total. The summed E-state index contributed by atoms with van der Waals surface area (Å²) in [4.78, 5) is 17.6. The molecule has 136 valence electrons. The lowest BCUT2D eigenvalue weighted by atomic mass is 10.0. The van der Waals surface area contributed by atoms with Gasteiger partial charge in [0.15, 0.2) is 0 Å². The van der Waals surface area contributed by atoms with E-state index >= 15 is 0 Å². The van der Waals surface area contributed by atoms with E-state index in [4.69, 9.17) is 0 Å². The molecule has 1 saturated heterocycles. The molecule has 2 aromatic carbocycles. The van der Waals surface area contributed by atoms with E-state index in [1.54, 1.807) is 11.3 Å². The van der Waals surface area contributed by atoms with Gasteiger partial charge in [0.2, 0.25) is 0 Å². The largest absolute Gasteiger partial charge is 0.340 e. The molecule has 3 aromatic rings. The molecule has 4 nitrogen and oxygen atoms in total. The van der Waals surface area contributed by atoms with E-state index in [9.17, 15) is 4.79 Å². The molecule has 27 heavy (non-hydrogen) atoms. The Kier molecular flexibility index (Phi) is 4.26. The highest BCUT2D eigenvalue weighted by Gasteiger charge is 2.30. The van der Waals surface area contributed by atoms with Crippen molar-refractivity contribution in [2.24, 2.45) is 0 Å².